The van der Waals surface area contributed by atoms with E-state index in [9.17, 15) is 4.79 Å². The first kappa shape index (κ1) is 22.2. The summed E-state index contributed by atoms with van der Waals surface area (Å²) in [4.78, 5) is 13.4. The molecule has 0 saturated heterocycles. The van der Waals surface area contributed by atoms with Gasteiger partial charge in [-0.05, 0) is 49.6 Å². The number of rotatable bonds is 6. The van der Waals surface area contributed by atoms with E-state index in [1.54, 1.807) is 6.26 Å². The third-order valence-corrected chi connectivity index (χ3v) is 7.36. The second-order valence-corrected chi connectivity index (χ2v) is 10.2. The van der Waals surface area contributed by atoms with Crippen molar-refractivity contribution in [3.05, 3.63) is 64.9 Å². The van der Waals surface area contributed by atoms with Crippen LogP contribution in [0.1, 0.15) is 74.6 Å². The first-order valence-corrected chi connectivity index (χ1v) is 12.5. The van der Waals surface area contributed by atoms with Crippen molar-refractivity contribution in [1.82, 2.24) is 15.2 Å². The van der Waals surface area contributed by atoms with Gasteiger partial charge < -0.3 is 8.83 Å². The fourth-order valence-corrected chi connectivity index (χ4v) is 5.26. The molecule has 2 atom stereocenters. The van der Waals surface area contributed by atoms with E-state index in [0.717, 1.165) is 24.1 Å². The van der Waals surface area contributed by atoms with Crippen LogP contribution in [0.25, 0.3) is 0 Å². The summed E-state index contributed by atoms with van der Waals surface area (Å²) in [6, 6.07) is 10.9. The fourth-order valence-electron chi connectivity index (χ4n) is 4.40. The molecule has 0 spiro atoms. The van der Waals surface area contributed by atoms with E-state index in [4.69, 9.17) is 20.4 Å². The summed E-state index contributed by atoms with van der Waals surface area (Å²) in [5, 5.41) is 15.3. The largest absolute Gasteiger partial charge is 0.467 e. The van der Waals surface area contributed by atoms with E-state index in [1.807, 2.05) is 43.3 Å². The zero-order valence-corrected chi connectivity index (χ0v) is 19.9. The number of hydrogen-bond donors (Lipinski definition) is 0. The molecular formula is C24H25ClN4O3S. The van der Waals surface area contributed by atoms with Crippen LogP contribution in [-0.2, 0) is 4.79 Å². The number of carbonyl (C=O) groups is 1. The molecule has 0 radical (unpaired) electrons. The highest BCUT2D eigenvalue weighted by Crippen LogP contribution is 2.37. The van der Waals surface area contributed by atoms with E-state index in [1.165, 1.54) is 36.0 Å². The minimum absolute atomic E-state index is 0.136. The summed E-state index contributed by atoms with van der Waals surface area (Å²) >= 11 is 7.31. The van der Waals surface area contributed by atoms with E-state index in [2.05, 4.69) is 15.3 Å². The number of nitrogens with zero attached hydrogens (tertiary/aromatic N) is 4. The van der Waals surface area contributed by atoms with E-state index >= 15 is 0 Å². The number of hydrazone groups is 1. The predicted octanol–water partition coefficient (Wildman–Crippen LogP) is 6.22. The van der Waals surface area contributed by atoms with Crippen LogP contribution in [0.5, 0.6) is 0 Å². The molecule has 5 rings (SSSR count). The van der Waals surface area contributed by atoms with Crippen LogP contribution >= 0.6 is 23.4 Å². The molecule has 2 aromatic heterocycles. The maximum atomic E-state index is 13.4. The van der Waals surface area contributed by atoms with Crippen molar-refractivity contribution < 1.29 is 13.6 Å². The summed E-state index contributed by atoms with van der Waals surface area (Å²) in [5.74, 6) is 1.59. The molecule has 0 N–H and O–H groups in total. The van der Waals surface area contributed by atoms with Crippen LogP contribution in [0.15, 0.2) is 61.8 Å². The Labute approximate surface area is 201 Å². The number of carbonyl (C=O) groups excluding carboxylic acids is 1. The number of amides is 1. The van der Waals surface area contributed by atoms with Crippen LogP contribution in [0.4, 0.5) is 0 Å². The van der Waals surface area contributed by atoms with Crippen molar-refractivity contribution in [2.45, 2.75) is 67.9 Å². The third-order valence-electron chi connectivity index (χ3n) is 6.19. The first-order valence-electron chi connectivity index (χ1n) is 11.3. The first-order chi connectivity index (χ1) is 16.1. The number of benzene rings is 1. The Bertz CT molecular complexity index is 1120. The monoisotopic (exact) mass is 484 g/mol. The van der Waals surface area contributed by atoms with Gasteiger partial charge in [0.2, 0.25) is 5.89 Å². The molecule has 7 nitrogen and oxygen atoms in total. The lowest BCUT2D eigenvalue weighted by molar-refractivity contribution is -0.132. The Hall–Kier alpha value is -2.58. The molecule has 1 saturated carbocycles. The molecule has 0 bridgehead atoms. The van der Waals surface area contributed by atoms with Gasteiger partial charge in [-0.15, -0.1) is 10.2 Å². The fraction of sp³-hybridized carbons (Fsp3) is 0.417. The van der Waals surface area contributed by atoms with Crippen LogP contribution in [0, 0.1) is 0 Å². The van der Waals surface area contributed by atoms with Gasteiger partial charge in [-0.2, -0.15) is 5.10 Å². The zero-order valence-electron chi connectivity index (χ0n) is 18.3. The van der Waals surface area contributed by atoms with Gasteiger partial charge in [-0.25, -0.2) is 5.01 Å². The minimum Gasteiger partial charge on any atom is -0.467 e. The van der Waals surface area contributed by atoms with Crippen molar-refractivity contribution in [2.24, 2.45) is 5.10 Å². The molecule has 9 heteroatoms. The maximum absolute atomic E-state index is 13.4. The Morgan fingerprint density at radius 2 is 1.94 bits per heavy atom. The summed E-state index contributed by atoms with van der Waals surface area (Å²) < 4.78 is 11.5. The molecule has 1 aliphatic carbocycles. The second-order valence-electron chi connectivity index (χ2n) is 8.47. The topological polar surface area (TPSA) is 84.7 Å². The highest BCUT2D eigenvalue weighted by molar-refractivity contribution is 8.00. The minimum atomic E-state index is -0.449. The number of thioether (sulfide) groups is 1. The highest BCUT2D eigenvalue weighted by Gasteiger charge is 2.37. The summed E-state index contributed by atoms with van der Waals surface area (Å²) in [6.45, 7) is 1.84. The summed E-state index contributed by atoms with van der Waals surface area (Å²) in [6.07, 6.45) is 8.00. The second kappa shape index (κ2) is 9.73. The lowest BCUT2D eigenvalue weighted by Gasteiger charge is -2.22. The maximum Gasteiger partial charge on any atom is 0.277 e. The Balaban J connectivity index is 1.33. The van der Waals surface area contributed by atoms with Crippen LogP contribution in [0.2, 0.25) is 5.02 Å². The quantitative estimate of drug-likeness (QED) is 0.386. The van der Waals surface area contributed by atoms with Crippen LogP contribution in [-0.4, -0.2) is 32.1 Å². The SMILES string of the molecule is C[C@H](Sc1nnc(C2CCCCC2)o1)C(=O)N1N=C(c2ccc(Cl)cc2)C[C@@H]1c1ccco1. The van der Waals surface area contributed by atoms with Gasteiger partial charge >= 0.3 is 0 Å². The van der Waals surface area contributed by atoms with Crippen molar-refractivity contribution in [2.75, 3.05) is 0 Å². The standard InChI is InChI=1S/C24H25ClN4O3S/c1-15(33-24-27-26-22(32-24)17-6-3-2-4-7-17)23(30)29-20(21-8-5-13-31-21)14-19(28-29)16-9-11-18(25)12-10-16/h5,8-13,15,17,20H,2-4,6-7,14H2,1H3/t15-,20+/m0/s1. The molecule has 1 aliphatic heterocycles. The van der Waals surface area contributed by atoms with Gasteiger partial charge in [0.05, 0.1) is 17.2 Å². The van der Waals surface area contributed by atoms with E-state index < -0.39 is 5.25 Å². The summed E-state index contributed by atoms with van der Waals surface area (Å²) in [5.41, 5.74) is 1.75. The number of furan rings is 1. The van der Waals surface area contributed by atoms with Gasteiger partial charge in [0.15, 0.2) is 0 Å². The van der Waals surface area contributed by atoms with Gasteiger partial charge in [0.1, 0.15) is 11.8 Å². The molecule has 33 heavy (non-hydrogen) atoms. The predicted molar refractivity (Wildman–Crippen MR) is 126 cm³/mol. The normalized spacial score (nSPS) is 20.1. The zero-order chi connectivity index (χ0) is 22.8. The molecular weight excluding hydrogens is 460 g/mol. The number of hydrogen-bond acceptors (Lipinski definition) is 7. The molecule has 2 aliphatic rings. The molecule has 1 aromatic carbocycles. The van der Waals surface area contributed by atoms with Gasteiger partial charge in [0.25, 0.3) is 11.1 Å². The molecule has 1 amide bonds. The van der Waals surface area contributed by atoms with Crippen molar-refractivity contribution in [3.8, 4) is 0 Å². The highest BCUT2D eigenvalue weighted by atomic mass is 35.5. The average Bonchev–Trinajstić information content (AvgIpc) is 3.60. The Morgan fingerprint density at radius 3 is 2.67 bits per heavy atom. The lowest BCUT2D eigenvalue weighted by Crippen LogP contribution is -2.33. The molecule has 0 unspecified atom stereocenters. The van der Waals surface area contributed by atoms with Crippen molar-refractivity contribution >= 4 is 35.0 Å². The molecule has 1 fully saturated rings. The van der Waals surface area contributed by atoms with Gasteiger partial charge in [-0.1, -0.05) is 54.8 Å². The molecule has 3 aromatic rings. The smallest absolute Gasteiger partial charge is 0.277 e. The van der Waals surface area contributed by atoms with Crippen molar-refractivity contribution in [1.29, 1.82) is 0 Å². The van der Waals surface area contributed by atoms with Gasteiger partial charge in [-0.3, -0.25) is 4.79 Å². The Kier molecular flexibility index (Phi) is 6.55. The van der Waals surface area contributed by atoms with Gasteiger partial charge in [0, 0.05) is 17.4 Å². The third kappa shape index (κ3) is 4.87. The van der Waals surface area contributed by atoms with E-state index in [-0.39, 0.29) is 11.9 Å². The number of halogens is 1. The van der Waals surface area contributed by atoms with Crippen LogP contribution < -0.4 is 0 Å². The molecule has 172 valence electrons. The van der Waals surface area contributed by atoms with Crippen LogP contribution in [0.3, 0.4) is 0 Å². The Morgan fingerprint density at radius 1 is 1.15 bits per heavy atom. The summed E-state index contributed by atoms with van der Waals surface area (Å²) in [7, 11) is 0. The average molecular weight is 485 g/mol. The van der Waals surface area contributed by atoms with Crippen molar-refractivity contribution in [3.63, 3.8) is 0 Å². The number of aromatic nitrogens is 2. The van der Waals surface area contributed by atoms with E-state index in [0.29, 0.717) is 34.2 Å². The lowest BCUT2D eigenvalue weighted by atomic mass is 9.89. The molecule has 3 heterocycles.